The minimum absolute atomic E-state index is 0.186. The van der Waals surface area contributed by atoms with Gasteiger partial charge in [0.1, 0.15) is 18.1 Å². The van der Waals surface area contributed by atoms with E-state index in [0.717, 1.165) is 0 Å². The van der Waals surface area contributed by atoms with Crippen LogP contribution in [0.4, 0.5) is 14.9 Å². The first-order chi connectivity index (χ1) is 12.1. The summed E-state index contributed by atoms with van der Waals surface area (Å²) in [4.78, 5) is 32.1. The SMILES string of the molecule is O=C(c1ccccn1)N1CC[C@H]2COC(=O)N2c2cc(F)ccc2C1. The molecule has 0 unspecified atom stereocenters. The van der Waals surface area contributed by atoms with Crippen molar-refractivity contribution in [3.63, 3.8) is 0 Å². The number of fused-ring (bicyclic) bond motifs is 3. The molecule has 1 saturated heterocycles. The lowest BCUT2D eigenvalue weighted by Gasteiger charge is -2.32. The quantitative estimate of drug-likeness (QED) is 0.800. The molecular weight excluding hydrogens is 325 g/mol. The number of halogens is 1. The van der Waals surface area contributed by atoms with Crippen molar-refractivity contribution in [3.8, 4) is 0 Å². The van der Waals surface area contributed by atoms with Gasteiger partial charge < -0.3 is 9.64 Å². The Morgan fingerprint density at radius 1 is 1.28 bits per heavy atom. The van der Waals surface area contributed by atoms with Crippen LogP contribution in [-0.2, 0) is 11.3 Å². The number of hydrogen-bond donors (Lipinski definition) is 0. The summed E-state index contributed by atoms with van der Waals surface area (Å²) in [7, 11) is 0. The second-order valence-electron chi connectivity index (χ2n) is 6.10. The van der Waals surface area contributed by atoms with Crippen molar-refractivity contribution in [2.75, 3.05) is 18.1 Å². The van der Waals surface area contributed by atoms with E-state index in [1.54, 1.807) is 35.4 Å². The lowest BCUT2D eigenvalue weighted by Crippen LogP contribution is -2.42. The summed E-state index contributed by atoms with van der Waals surface area (Å²) < 4.78 is 18.9. The molecule has 7 heteroatoms. The zero-order valence-electron chi connectivity index (χ0n) is 13.4. The standard InChI is InChI=1S/C18H16FN3O3/c19-13-5-4-12-10-21(17(23)15-3-1-2-7-20-15)8-6-14-11-25-18(24)22(14)16(12)9-13/h1-5,7,9,14H,6,8,10-11H2/t14-/m0/s1. The Labute approximate surface area is 143 Å². The predicted molar refractivity (Wildman–Crippen MR) is 87.6 cm³/mol. The van der Waals surface area contributed by atoms with Gasteiger partial charge in [-0.3, -0.25) is 14.7 Å². The maximum atomic E-state index is 13.8. The first kappa shape index (κ1) is 15.6. The van der Waals surface area contributed by atoms with Gasteiger partial charge in [-0.05, 0) is 36.2 Å². The fourth-order valence-corrected chi connectivity index (χ4v) is 3.28. The average molecular weight is 341 g/mol. The predicted octanol–water partition coefficient (Wildman–Crippen LogP) is 2.59. The number of benzene rings is 1. The van der Waals surface area contributed by atoms with Gasteiger partial charge in [0.2, 0.25) is 0 Å². The number of rotatable bonds is 1. The summed E-state index contributed by atoms with van der Waals surface area (Å²) in [5, 5.41) is 0. The molecule has 4 rings (SSSR count). The molecule has 0 spiro atoms. The molecule has 1 aromatic carbocycles. The average Bonchev–Trinajstić information content (AvgIpc) is 2.98. The normalized spacial score (nSPS) is 19.6. The molecule has 2 aromatic rings. The second kappa shape index (κ2) is 6.16. The second-order valence-corrected chi connectivity index (χ2v) is 6.10. The molecule has 2 amide bonds. The van der Waals surface area contributed by atoms with Gasteiger partial charge in [0, 0.05) is 19.3 Å². The number of hydrogen-bond acceptors (Lipinski definition) is 4. The van der Waals surface area contributed by atoms with Crippen LogP contribution in [0.15, 0.2) is 42.6 Å². The fraction of sp³-hybridized carbons (Fsp3) is 0.278. The van der Waals surface area contributed by atoms with Crippen molar-refractivity contribution < 1.29 is 18.7 Å². The molecule has 25 heavy (non-hydrogen) atoms. The summed E-state index contributed by atoms with van der Waals surface area (Å²) in [6.07, 6.45) is 1.66. The number of carbonyl (C=O) groups is 2. The van der Waals surface area contributed by atoms with Gasteiger partial charge in [-0.1, -0.05) is 12.1 Å². The number of amides is 2. The maximum absolute atomic E-state index is 13.8. The van der Waals surface area contributed by atoms with Crippen LogP contribution in [0.1, 0.15) is 22.5 Å². The number of nitrogens with zero attached hydrogens (tertiary/aromatic N) is 3. The Hall–Kier alpha value is -2.96. The first-order valence-corrected chi connectivity index (χ1v) is 8.08. The fourth-order valence-electron chi connectivity index (χ4n) is 3.28. The van der Waals surface area contributed by atoms with Crippen LogP contribution in [0.2, 0.25) is 0 Å². The molecule has 6 nitrogen and oxygen atoms in total. The van der Waals surface area contributed by atoms with Crippen molar-refractivity contribution in [1.29, 1.82) is 0 Å². The zero-order valence-corrected chi connectivity index (χ0v) is 13.4. The largest absolute Gasteiger partial charge is 0.447 e. The van der Waals surface area contributed by atoms with Crippen molar-refractivity contribution in [3.05, 3.63) is 59.7 Å². The maximum Gasteiger partial charge on any atom is 0.414 e. The third-order valence-corrected chi connectivity index (χ3v) is 4.53. The van der Waals surface area contributed by atoms with E-state index in [9.17, 15) is 14.0 Å². The molecule has 0 N–H and O–H groups in total. The van der Waals surface area contributed by atoms with Gasteiger partial charge in [0.25, 0.3) is 5.91 Å². The van der Waals surface area contributed by atoms with Crippen LogP contribution in [0.3, 0.4) is 0 Å². The van der Waals surface area contributed by atoms with Gasteiger partial charge in [0.15, 0.2) is 0 Å². The van der Waals surface area contributed by atoms with E-state index in [2.05, 4.69) is 4.98 Å². The van der Waals surface area contributed by atoms with Crippen LogP contribution in [-0.4, -0.2) is 41.1 Å². The van der Waals surface area contributed by atoms with E-state index < -0.39 is 11.9 Å². The molecule has 2 aliphatic heterocycles. The highest BCUT2D eigenvalue weighted by atomic mass is 19.1. The molecule has 1 fully saturated rings. The molecule has 0 aliphatic carbocycles. The minimum Gasteiger partial charge on any atom is -0.447 e. The summed E-state index contributed by atoms with van der Waals surface area (Å²) in [5.74, 6) is -0.616. The summed E-state index contributed by atoms with van der Waals surface area (Å²) >= 11 is 0. The lowest BCUT2D eigenvalue weighted by molar-refractivity contribution is 0.0728. The number of pyridine rings is 1. The Kier molecular flexibility index (Phi) is 3.83. The van der Waals surface area contributed by atoms with Gasteiger partial charge in [-0.15, -0.1) is 0 Å². The van der Waals surface area contributed by atoms with E-state index in [0.29, 0.717) is 29.9 Å². The summed E-state index contributed by atoms with van der Waals surface area (Å²) in [6.45, 7) is 0.978. The van der Waals surface area contributed by atoms with Gasteiger partial charge in [-0.25, -0.2) is 9.18 Å². The molecular formula is C18H16FN3O3. The van der Waals surface area contributed by atoms with E-state index in [1.165, 1.54) is 17.0 Å². The highest BCUT2D eigenvalue weighted by molar-refractivity contribution is 5.94. The van der Waals surface area contributed by atoms with Crippen molar-refractivity contribution in [2.24, 2.45) is 0 Å². The highest BCUT2D eigenvalue weighted by Gasteiger charge is 2.38. The lowest BCUT2D eigenvalue weighted by atomic mass is 10.0. The van der Waals surface area contributed by atoms with Crippen molar-refractivity contribution in [1.82, 2.24) is 9.88 Å². The van der Waals surface area contributed by atoms with Crippen LogP contribution in [0, 0.1) is 5.82 Å². The Morgan fingerprint density at radius 2 is 2.16 bits per heavy atom. The summed E-state index contributed by atoms with van der Waals surface area (Å²) in [5.41, 5.74) is 1.53. The van der Waals surface area contributed by atoms with E-state index in [-0.39, 0.29) is 25.1 Å². The van der Waals surface area contributed by atoms with E-state index >= 15 is 0 Å². The highest BCUT2D eigenvalue weighted by Crippen LogP contribution is 2.32. The molecule has 1 aromatic heterocycles. The van der Waals surface area contributed by atoms with E-state index in [4.69, 9.17) is 4.74 Å². The number of ether oxygens (including phenoxy) is 1. The van der Waals surface area contributed by atoms with E-state index in [1.807, 2.05) is 0 Å². The Bertz CT molecular complexity index is 828. The summed E-state index contributed by atoms with van der Waals surface area (Å²) in [6, 6.07) is 9.23. The molecule has 0 bridgehead atoms. The molecule has 2 aliphatic rings. The third kappa shape index (κ3) is 2.82. The molecule has 1 atom stereocenters. The number of aromatic nitrogens is 1. The van der Waals surface area contributed by atoms with Crippen LogP contribution in [0.25, 0.3) is 0 Å². The van der Waals surface area contributed by atoms with Gasteiger partial charge >= 0.3 is 6.09 Å². The molecule has 3 heterocycles. The zero-order chi connectivity index (χ0) is 17.4. The first-order valence-electron chi connectivity index (χ1n) is 8.08. The van der Waals surface area contributed by atoms with Gasteiger partial charge in [0.05, 0.1) is 11.7 Å². The smallest absolute Gasteiger partial charge is 0.414 e. The third-order valence-electron chi connectivity index (χ3n) is 4.53. The van der Waals surface area contributed by atoms with Gasteiger partial charge in [-0.2, -0.15) is 0 Å². The van der Waals surface area contributed by atoms with Crippen LogP contribution in [0.5, 0.6) is 0 Å². The van der Waals surface area contributed by atoms with Crippen molar-refractivity contribution in [2.45, 2.75) is 19.0 Å². The molecule has 128 valence electrons. The Morgan fingerprint density at radius 3 is 2.96 bits per heavy atom. The topological polar surface area (TPSA) is 62.7 Å². The molecule has 0 saturated carbocycles. The number of carbonyl (C=O) groups excluding carboxylic acids is 2. The van der Waals surface area contributed by atoms with Crippen LogP contribution >= 0.6 is 0 Å². The van der Waals surface area contributed by atoms with Crippen LogP contribution < -0.4 is 4.90 Å². The Balaban J connectivity index is 1.72. The molecule has 0 radical (unpaired) electrons. The number of anilines is 1. The monoisotopic (exact) mass is 341 g/mol. The minimum atomic E-state index is -0.471. The number of cyclic esters (lactones) is 1. The van der Waals surface area contributed by atoms with Crippen molar-refractivity contribution >= 4 is 17.7 Å².